The molecule has 48 heavy (non-hydrogen) atoms. The summed E-state index contributed by atoms with van der Waals surface area (Å²) in [6.45, 7) is 8.26. The van der Waals surface area contributed by atoms with Crippen LogP contribution in [0.3, 0.4) is 0 Å². The van der Waals surface area contributed by atoms with Crippen molar-refractivity contribution in [2.75, 3.05) is 39.4 Å². The molecule has 3 N–H and O–H groups in total. The van der Waals surface area contributed by atoms with E-state index in [2.05, 4.69) is 60.4 Å². The Bertz CT molecular complexity index is 1710. The lowest BCUT2D eigenvalue weighted by Crippen LogP contribution is -2.29. The fourth-order valence-electron chi connectivity index (χ4n) is 6.47. The number of amides is 1. The van der Waals surface area contributed by atoms with Gasteiger partial charge in [-0.05, 0) is 91.4 Å². The number of fused-ring (bicyclic) bond motifs is 1. The molecule has 1 aromatic heterocycles. The van der Waals surface area contributed by atoms with Crippen molar-refractivity contribution in [2.24, 2.45) is 5.92 Å². The molecule has 2 aliphatic heterocycles. The van der Waals surface area contributed by atoms with Gasteiger partial charge in [0.2, 0.25) is 5.91 Å². The number of rotatable bonds is 16. The van der Waals surface area contributed by atoms with E-state index in [4.69, 9.17) is 26.2 Å². The number of aliphatic hydroxyl groups is 1. The summed E-state index contributed by atoms with van der Waals surface area (Å²) >= 11 is 10.6. The molecular formula is C37H45BrClN5O4. The second kappa shape index (κ2) is 16.5. The normalized spacial score (nSPS) is 17.2. The third-order valence-electron chi connectivity index (χ3n) is 9.30. The van der Waals surface area contributed by atoms with Crippen molar-refractivity contribution in [2.45, 2.75) is 64.8 Å². The van der Waals surface area contributed by atoms with Gasteiger partial charge in [0.25, 0.3) is 0 Å². The highest BCUT2D eigenvalue weighted by molar-refractivity contribution is 9.10. The lowest BCUT2D eigenvalue weighted by atomic mass is 10.00. The number of hydrogen-bond donors (Lipinski definition) is 3. The lowest BCUT2D eigenvalue weighted by molar-refractivity contribution is -0.119. The van der Waals surface area contributed by atoms with Crippen molar-refractivity contribution < 1.29 is 19.4 Å². The predicted molar refractivity (Wildman–Crippen MR) is 194 cm³/mol. The van der Waals surface area contributed by atoms with E-state index in [1.54, 1.807) is 0 Å². The molecule has 4 aromatic rings. The Hall–Kier alpha value is -3.15. The molecule has 2 fully saturated rings. The summed E-state index contributed by atoms with van der Waals surface area (Å²) in [6.07, 6.45) is 7.40. The Labute approximate surface area is 296 Å². The van der Waals surface area contributed by atoms with Crippen LogP contribution in [0.1, 0.15) is 50.2 Å². The summed E-state index contributed by atoms with van der Waals surface area (Å²) in [4.78, 5) is 14.3. The topological polar surface area (TPSA) is 101 Å². The van der Waals surface area contributed by atoms with Gasteiger partial charge in [-0.3, -0.25) is 9.48 Å². The molecular weight excluding hydrogens is 694 g/mol. The number of halogens is 2. The Morgan fingerprint density at radius 2 is 1.85 bits per heavy atom. The zero-order valence-corrected chi connectivity index (χ0v) is 29.9. The standard InChI is InChI=1S/C37H45BrClN5O4/c1-25(22-45)40-20-28-17-32(39)35(18-34(28)47-23-26-16-36(46)41-19-26)48-24-27-8-6-10-30(37(27)38)29-9-7-11-33-31(29)21-42-44(33)15-5-4-14-43-12-2-3-13-43/h6-11,17-18,21,25-26,40,45H,2-5,12-16,19-20,22-24H2,1H3,(H,41,46). The van der Waals surface area contributed by atoms with Crippen LogP contribution in [0, 0.1) is 5.92 Å². The minimum absolute atomic E-state index is 0.0186. The number of nitrogens with one attached hydrogen (secondary N) is 2. The van der Waals surface area contributed by atoms with Crippen molar-refractivity contribution >= 4 is 44.3 Å². The van der Waals surface area contributed by atoms with Crippen LogP contribution in [0.5, 0.6) is 11.5 Å². The Kier molecular flexibility index (Phi) is 11.9. The lowest BCUT2D eigenvalue weighted by Gasteiger charge is -2.19. The van der Waals surface area contributed by atoms with Gasteiger partial charge in [-0.25, -0.2) is 0 Å². The van der Waals surface area contributed by atoms with Crippen molar-refractivity contribution in [3.8, 4) is 22.6 Å². The summed E-state index contributed by atoms with van der Waals surface area (Å²) in [5.41, 5.74) is 5.17. The number of ether oxygens (including phenoxy) is 2. The van der Waals surface area contributed by atoms with Gasteiger partial charge in [0.05, 0.1) is 29.9 Å². The van der Waals surface area contributed by atoms with Gasteiger partial charge in [0.15, 0.2) is 0 Å². The van der Waals surface area contributed by atoms with Crippen LogP contribution < -0.4 is 20.1 Å². The van der Waals surface area contributed by atoms with E-state index in [-0.39, 0.29) is 24.5 Å². The number of aliphatic hydroxyl groups excluding tert-OH is 1. The number of hydrogen-bond acceptors (Lipinski definition) is 7. The highest BCUT2D eigenvalue weighted by Gasteiger charge is 2.23. The van der Waals surface area contributed by atoms with Crippen LogP contribution in [-0.2, 0) is 24.5 Å². The van der Waals surface area contributed by atoms with E-state index in [1.165, 1.54) is 38.9 Å². The number of aryl methyl sites for hydroxylation is 1. The van der Waals surface area contributed by atoms with Crippen molar-refractivity contribution in [3.05, 3.63) is 75.4 Å². The third-order valence-corrected chi connectivity index (χ3v) is 10.5. The van der Waals surface area contributed by atoms with Crippen LogP contribution in [-0.4, -0.2) is 71.1 Å². The number of likely N-dealkylation sites (tertiary alicyclic amines) is 1. The smallest absolute Gasteiger partial charge is 0.220 e. The number of unbranched alkanes of at least 4 members (excludes halogenated alkanes) is 1. The second-order valence-corrected chi connectivity index (χ2v) is 14.2. The number of nitrogens with zero attached hydrogens (tertiary/aromatic N) is 3. The number of aromatic nitrogens is 2. The van der Waals surface area contributed by atoms with Crippen molar-refractivity contribution in [1.82, 2.24) is 25.3 Å². The van der Waals surface area contributed by atoms with Gasteiger partial charge < -0.3 is 30.1 Å². The molecule has 256 valence electrons. The van der Waals surface area contributed by atoms with E-state index in [9.17, 15) is 9.90 Å². The maximum atomic E-state index is 11.7. The fraction of sp³-hybridized carbons (Fsp3) is 0.459. The van der Waals surface area contributed by atoms with E-state index >= 15 is 0 Å². The molecule has 0 bridgehead atoms. The first kappa shape index (κ1) is 34.7. The van der Waals surface area contributed by atoms with Crippen LogP contribution >= 0.6 is 27.5 Å². The van der Waals surface area contributed by atoms with Crippen LogP contribution in [0.15, 0.2) is 59.2 Å². The number of carbonyl (C=O) groups is 1. The van der Waals surface area contributed by atoms with Gasteiger partial charge in [-0.2, -0.15) is 5.10 Å². The highest BCUT2D eigenvalue weighted by Crippen LogP contribution is 2.38. The third kappa shape index (κ3) is 8.52. The first-order valence-corrected chi connectivity index (χ1v) is 18.2. The number of benzene rings is 3. The quantitative estimate of drug-likeness (QED) is 0.112. The van der Waals surface area contributed by atoms with Gasteiger partial charge in [-0.15, -0.1) is 0 Å². The van der Waals surface area contributed by atoms with Gasteiger partial charge >= 0.3 is 0 Å². The second-order valence-electron chi connectivity index (χ2n) is 13.0. The molecule has 6 rings (SSSR count). The molecule has 0 radical (unpaired) electrons. The minimum atomic E-state index is -0.0846. The molecule has 3 aromatic carbocycles. The van der Waals surface area contributed by atoms with Gasteiger partial charge in [-0.1, -0.05) is 41.9 Å². The maximum absolute atomic E-state index is 11.7. The zero-order valence-electron chi connectivity index (χ0n) is 27.5. The molecule has 2 saturated heterocycles. The Morgan fingerprint density at radius 1 is 1.06 bits per heavy atom. The predicted octanol–water partition coefficient (Wildman–Crippen LogP) is 6.56. The first-order valence-electron chi connectivity index (χ1n) is 17.0. The Morgan fingerprint density at radius 3 is 2.65 bits per heavy atom. The van der Waals surface area contributed by atoms with E-state index in [0.717, 1.165) is 50.6 Å². The van der Waals surface area contributed by atoms with E-state index in [1.807, 2.05) is 37.4 Å². The summed E-state index contributed by atoms with van der Waals surface area (Å²) in [6, 6.07) is 16.2. The zero-order chi connectivity index (χ0) is 33.5. The fourth-order valence-corrected chi connectivity index (χ4v) is 7.31. The molecule has 0 spiro atoms. The first-order chi connectivity index (χ1) is 23.4. The average molecular weight is 739 g/mol. The van der Waals surface area contributed by atoms with Crippen LogP contribution in [0.4, 0.5) is 0 Å². The molecule has 0 saturated carbocycles. The SMILES string of the molecule is CC(CO)NCc1cc(Cl)c(OCc2cccc(-c3cccc4c3cnn4CCCCN3CCCC3)c2Br)cc1OCC1CNC(=O)C1. The monoisotopic (exact) mass is 737 g/mol. The largest absolute Gasteiger partial charge is 0.493 e. The Balaban J connectivity index is 1.16. The maximum Gasteiger partial charge on any atom is 0.220 e. The molecule has 1 amide bonds. The van der Waals surface area contributed by atoms with Crippen molar-refractivity contribution in [1.29, 1.82) is 0 Å². The summed E-state index contributed by atoms with van der Waals surface area (Å²) in [5, 5.41) is 22.0. The van der Waals surface area contributed by atoms with E-state index in [0.29, 0.717) is 49.2 Å². The molecule has 11 heteroatoms. The summed E-state index contributed by atoms with van der Waals surface area (Å²) < 4.78 is 15.6. The molecule has 3 heterocycles. The molecule has 2 unspecified atom stereocenters. The van der Waals surface area contributed by atoms with Crippen molar-refractivity contribution in [3.63, 3.8) is 0 Å². The van der Waals surface area contributed by atoms with E-state index < -0.39 is 0 Å². The summed E-state index contributed by atoms with van der Waals surface area (Å²) in [5.74, 6) is 1.30. The van der Waals surface area contributed by atoms with Crippen LogP contribution in [0.25, 0.3) is 22.0 Å². The molecule has 0 aliphatic carbocycles. The molecule has 2 atom stereocenters. The molecule has 9 nitrogen and oxygen atoms in total. The summed E-state index contributed by atoms with van der Waals surface area (Å²) in [7, 11) is 0. The minimum Gasteiger partial charge on any atom is -0.493 e. The highest BCUT2D eigenvalue weighted by atomic mass is 79.9. The van der Waals surface area contributed by atoms with Gasteiger partial charge in [0.1, 0.15) is 18.1 Å². The van der Waals surface area contributed by atoms with Gasteiger partial charge in [0, 0.05) is 65.1 Å². The number of carbonyl (C=O) groups excluding carboxylic acids is 1. The molecule has 2 aliphatic rings. The van der Waals surface area contributed by atoms with Crippen LogP contribution in [0.2, 0.25) is 5.02 Å². The average Bonchev–Trinajstić information content (AvgIpc) is 3.87.